The Balaban J connectivity index is 1.76. The Morgan fingerprint density at radius 1 is 1.00 bits per heavy atom. The van der Waals surface area contributed by atoms with Crippen LogP contribution in [0.3, 0.4) is 0 Å². The predicted octanol–water partition coefficient (Wildman–Crippen LogP) is 2.97. The molecule has 0 bridgehead atoms. The summed E-state index contributed by atoms with van der Waals surface area (Å²) in [6, 6.07) is 0.857. The number of ether oxygens (including phenoxy) is 1. The topological polar surface area (TPSA) is 21.3 Å². The van der Waals surface area contributed by atoms with Gasteiger partial charge in [0.2, 0.25) is 0 Å². The first-order valence-corrected chi connectivity index (χ1v) is 7.21. The zero-order chi connectivity index (χ0) is 11.2. The Hall–Kier alpha value is -0.0800. The molecule has 2 nitrogen and oxygen atoms in total. The molecule has 0 heterocycles. The summed E-state index contributed by atoms with van der Waals surface area (Å²) < 4.78 is 5.65. The lowest BCUT2D eigenvalue weighted by molar-refractivity contribution is 0.0815. The van der Waals surface area contributed by atoms with Crippen molar-refractivity contribution in [1.82, 2.24) is 5.32 Å². The highest BCUT2D eigenvalue weighted by molar-refractivity contribution is 4.84. The summed E-state index contributed by atoms with van der Waals surface area (Å²) in [5.74, 6) is 1.68. The summed E-state index contributed by atoms with van der Waals surface area (Å²) >= 11 is 0. The van der Waals surface area contributed by atoms with Gasteiger partial charge in [0.05, 0.1) is 0 Å². The van der Waals surface area contributed by atoms with E-state index in [1.165, 1.54) is 51.5 Å². The summed E-state index contributed by atoms with van der Waals surface area (Å²) in [5, 5.41) is 3.70. The van der Waals surface area contributed by atoms with E-state index in [9.17, 15) is 0 Å². The lowest BCUT2D eigenvalue weighted by Gasteiger charge is -2.25. The quantitative estimate of drug-likeness (QED) is 0.702. The standard InChI is InChI=1S/C14H27NO/c1-2-16-11-13-7-5-3-4-6-12(13)10-15-14-8-9-14/h12-15H,2-11H2,1H3. The van der Waals surface area contributed by atoms with Gasteiger partial charge in [-0.25, -0.2) is 0 Å². The first-order chi connectivity index (χ1) is 7.90. The molecule has 2 fully saturated rings. The van der Waals surface area contributed by atoms with E-state index >= 15 is 0 Å². The van der Waals surface area contributed by atoms with Crippen molar-refractivity contribution in [3.8, 4) is 0 Å². The van der Waals surface area contributed by atoms with Gasteiger partial charge in [-0.3, -0.25) is 0 Å². The number of hydrogen-bond donors (Lipinski definition) is 1. The average molecular weight is 225 g/mol. The third kappa shape index (κ3) is 4.06. The van der Waals surface area contributed by atoms with E-state index in [-0.39, 0.29) is 0 Å². The van der Waals surface area contributed by atoms with Gasteiger partial charge in [-0.05, 0) is 51.0 Å². The molecule has 2 unspecified atom stereocenters. The highest BCUT2D eigenvalue weighted by atomic mass is 16.5. The van der Waals surface area contributed by atoms with Crippen LogP contribution in [0.15, 0.2) is 0 Å². The minimum absolute atomic E-state index is 0.814. The van der Waals surface area contributed by atoms with Gasteiger partial charge in [0.15, 0.2) is 0 Å². The van der Waals surface area contributed by atoms with Crippen LogP contribution in [0.5, 0.6) is 0 Å². The second kappa shape index (κ2) is 6.61. The molecule has 2 aliphatic rings. The largest absolute Gasteiger partial charge is 0.381 e. The molecule has 0 aliphatic heterocycles. The molecule has 2 heteroatoms. The van der Waals surface area contributed by atoms with Crippen LogP contribution in [-0.4, -0.2) is 25.8 Å². The molecule has 0 aromatic carbocycles. The lowest BCUT2D eigenvalue weighted by Crippen LogP contribution is -2.31. The molecule has 16 heavy (non-hydrogen) atoms. The molecule has 0 saturated heterocycles. The molecule has 2 rings (SSSR count). The third-order valence-corrected chi connectivity index (χ3v) is 4.10. The fourth-order valence-corrected chi connectivity index (χ4v) is 2.82. The molecule has 0 aromatic heterocycles. The number of nitrogens with one attached hydrogen (secondary N) is 1. The van der Waals surface area contributed by atoms with E-state index in [2.05, 4.69) is 12.2 Å². The maximum atomic E-state index is 5.65. The second-order valence-electron chi connectivity index (χ2n) is 5.50. The molecule has 1 N–H and O–H groups in total. The molecule has 0 amide bonds. The monoisotopic (exact) mass is 225 g/mol. The lowest BCUT2D eigenvalue weighted by atomic mass is 9.88. The minimum atomic E-state index is 0.814. The van der Waals surface area contributed by atoms with Gasteiger partial charge in [-0.15, -0.1) is 0 Å². The van der Waals surface area contributed by atoms with Crippen molar-refractivity contribution in [3.63, 3.8) is 0 Å². The predicted molar refractivity (Wildman–Crippen MR) is 67.6 cm³/mol. The Morgan fingerprint density at radius 2 is 1.75 bits per heavy atom. The molecular weight excluding hydrogens is 198 g/mol. The van der Waals surface area contributed by atoms with Crippen molar-refractivity contribution in [2.45, 2.75) is 57.9 Å². The maximum absolute atomic E-state index is 5.65. The summed E-state index contributed by atoms with van der Waals surface area (Å²) in [6.07, 6.45) is 9.89. The maximum Gasteiger partial charge on any atom is 0.0497 e. The zero-order valence-electron chi connectivity index (χ0n) is 10.7. The van der Waals surface area contributed by atoms with E-state index in [1.807, 2.05) is 0 Å². The van der Waals surface area contributed by atoms with Crippen molar-refractivity contribution in [2.24, 2.45) is 11.8 Å². The third-order valence-electron chi connectivity index (χ3n) is 4.10. The van der Waals surface area contributed by atoms with Crippen molar-refractivity contribution in [1.29, 1.82) is 0 Å². The Labute approximate surface area is 100 Å². The second-order valence-corrected chi connectivity index (χ2v) is 5.50. The van der Waals surface area contributed by atoms with Crippen molar-refractivity contribution >= 4 is 0 Å². The first-order valence-electron chi connectivity index (χ1n) is 7.21. The molecule has 2 saturated carbocycles. The molecule has 0 aromatic rings. The van der Waals surface area contributed by atoms with Gasteiger partial charge in [-0.2, -0.15) is 0 Å². The summed E-state index contributed by atoms with van der Waals surface area (Å²) in [6.45, 7) is 5.21. The Bertz CT molecular complexity index is 191. The highest BCUT2D eigenvalue weighted by Gasteiger charge is 2.27. The van der Waals surface area contributed by atoms with E-state index in [0.29, 0.717) is 0 Å². The van der Waals surface area contributed by atoms with Gasteiger partial charge in [0.25, 0.3) is 0 Å². The summed E-state index contributed by atoms with van der Waals surface area (Å²) in [5.41, 5.74) is 0. The molecule has 0 spiro atoms. The van der Waals surface area contributed by atoms with Crippen LogP contribution in [0.1, 0.15) is 51.9 Å². The minimum Gasteiger partial charge on any atom is -0.381 e. The van der Waals surface area contributed by atoms with E-state index < -0.39 is 0 Å². The first kappa shape index (κ1) is 12.4. The highest BCUT2D eigenvalue weighted by Crippen LogP contribution is 2.29. The van der Waals surface area contributed by atoms with Crippen LogP contribution in [0.4, 0.5) is 0 Å². The average Bonchev–Trinajstić information content (AvgIpc) is 3.11. The summed E-state index contributed by atoms with van der Waals surface area (Å²) in [4.78, 5) is 0. The van der Waals surface area contributed by atoms with E-state index in [1.54, 1.807) is 0 Å². The smallest absolute Gasteiger partial charge is 0.0497 e. The number of hydrogen-bond acceptors (Lipinski definition) is 2. The fourth-order valence-electron chi connectivity index (χ4n) is 2.82. The van der Waals surface area contributed by atoms with Gasteiger partial charge < -0.3 is 10.1 Å². The van der Waals surface area contributed by atoms with Crippen LogP contribution >= 0.6 is 0 Å². The Morgan fingerprint density at radius 3 is 2.44 bits per heavy atom. The van der Waals surface area contributed by atoms with Crippen molar-refractivity contribution in [3.05, 3.63) is 0 Å². The van der Waals surface area contributed by atoms with E-state index in [4.69, 9.17) is 4.74 Å². The van der Waals surface area contributed by atoms with E-state index in [0.717, 1.165) is 31.1 Å². The van der Waals surface area contributed by atoms with Gasteiger partial charge >= 0.3 is 0 Å². The molecule has 2 aliphatic carbocycles. The summed E-state index contributed by atoms with van der Waals surface area (Å²) in [7, 11) is 0. The van der Waals surface area contributed by atoms with Crippen molar-refractivity contribution < 1.29 is 4.74 Å². The Kier molecular flexibility index (Phi) is 5.11. The molecular formula is C14H27NO. The SMILES string of the molecule is CCOCC1CCCCCC1CNC1CC1. The van der Waals surface area contributed by atoms with Gasteiger partial charge in [0.1, 0.15) is 0 Å². The van der Waals surface area contributed by atoms with Crippen LogP contribution in [-0.2, 0) is 4.74 Å². The zero-order valence-corrected chi connectivity index (χ0v) is 10.7. The van der Waals surface area contributed by atoms with Crippen molar-refractivity contribution in [2.75, 3.05) is 19.8 Å². The van der Waals surface area contributed by atoms with Crippen LogP contribution in [0.2, 0.25) is 0 Å². The van der Waals surface area contributed by atoms with Gasteiger partial charge in [0, 0.05) is 19.3 Å². The van der Waals surface area contributed by atoms with Crippen LogP contribution in [0, 0.1) is 11.8 Å². The molecule has 0 radical (unpaired) electrons. The molecule has 94 valence electrons. The molecule has 2 atom stereocenters. The van der Waals surface area contributed by atoms with Crippen LogP contribution < -0.4 is 5.32 Å². The normalized spacial score (nSPS) is 31.3. The fraction of sp³-hybridized carbons (Fsp3) is 1.00. The van der Waals surface area contributed by atoms with Gasteiger partial charge in [-0.1, -0.05) is 19.3 Å². The van der Waals surface area contributed by atoms with Crippen LogP contribution in [0.25, 0.3) is 0 Å². The number of rotatable bonds is 6.